The van der Waals surface area contributed by atoms with Crippen LogP contribution in [0.1, 0.15) is 17.4 Å². The van der Waals surface area contributed by atoms with Crippen molar-refractivity contribution in [2.45, 2.75) is 6.92 Å². The Morgan fingerprint density at radius 1 is 1.27 bits per heavy atom. The molecule has 0 fully saturated rings. The van der Waals surface area contributed by atoms with E-state index in [0.717, 1.165) is 5.52 Å². The first-order valence-electron chi connectivity index (χ1n) is 7.80. The average molecular weight is 375 g/mol. The lowest BCUT2D eigenvalue weighted by Crippen LogP contribution is -2.11. The largest absolute Gasteiger partial charge is 0.461 e. The van der Waals surface area contributed by atoms with Crippen LogP contribution in [0.3, 0.4) is 0 Å². The van der Waals surface area contributed by atoms with Crippen molar-refractivity contribution in [2.24, 2.45) is 7.05 Å². The van der Waals surface area contributed by atoms with E-state index in [1.807, 2.05) is 12.1 Å². The number of esters is 1. The molecule has 3 aromatic rings. The molecular formula is C18H15ClN2O5. The van der Waals surface area contributed by atoms with Crippen LogP contribution in [0.4, 0.5) is 5.69 Å². The zero-order chi connectivity index (χ0) is 18.8. The Morgan fingerprint density at radius 2 is 2.00 bits per heavy atom. The number of rotatable bonds is 5. The van der Waals surface area contributed by atoms with Gasteiger partial charge in [0, 0.05) is 23.5 Å². The third-order valence-electron chi connectivity index (χ3n) is 3.86. The smallest absolute Gasteiger partial charge is 0.358 e. The number of nitrogens with zero attached hydrogens (tertiary/aromatic N) is 2. The van der Waals surface area contributed by atoms with Crippen LogP contribution in [0.2, 0.25) is 5.02 Å². The van der Waals surface area contributed by atoms with Crippen molar-refractivity contribution in [2.75, 3.05) is 6.61 Å². The molecule has 3 rings (SSSR count). The second kappa shape index (κ2) is 7.05. The molecule has 26 heavy (non-hydrogen) atoms. The zero-order valence-electron chi connectivity index (χ0n) is 14.1. The molecule has 0 aliphatic rings. The quantitative estimate of drug-likeness (QED) is 0.367. The first-order chi connectivity index (χ1) is 12.4. The molecule has 0 amide bonds. The molecule has 0 radical (unpaired) electrons. The van der Waals surface area contributed by atoms with Gasteiger partial charge in [0.25, 0.3) is 0 Å². The number of aromatic nitrogens is 1. The Balaban J connectivity index is 2.21. The van der Waals surface area contributed by atoms with Gasteiger partial charge in [-0.3, -0.25) is 10.1 Å². The number of halogens is 1. The van der Waals surface area contributed by atoms with Crippen LogP contribution in [0.15, 0.2) is 42.5 Å². The van der Waals surface area contributed by atoms with Gasteiger partial charge in [-0.2, -0.15) is 0 Å². The van der Waals surface area contributed by atoms with E-state index in [1.54, 1.807) is 30.7 Å². The number of hydrogen-bond acceptors (Lipinski definition) is 5. The Hall–Kier alpha value is -3.06. The van der Waals surface area contributed by atoms with Gasteiger partial charge >= 0.3 is 11.7 Å². The second-order valence-electron chi connectivity index (χ2n) is 5.45. The summed E-state index contributed by atoms with van der Waals surface area (Å²) in [4.78, 5) is 23.2. The minimum Gasteiger partial charge on any atom is -0.461 e. The summed E-state index contributed by atoms with van der Waals surface area (Å²) < 4.78 is 12.6. The number of para-hydroxylation sites is 1. The predicted octanol–water partition coefficient (Wildman–Crippen LogP) is 4.71. The molecular weight excluding hydrogens is 360 g/mol. The molecule has 8 heteroatoms. The van der Waals surface area contributed by atoms with Gasteiger partial charge in [-0.05, 0) is 31.2 Å². The first kappa shape index (κ1) is 17.8. The van der Waals surface area contributed by atoms with Crippen LogP contribution in [0.5, 0.6) is 11.5 Å². The Kier molecular flexibility index (Phi) is 4.81. The number of nitro groups is 1. The lowest BCUT2D eigenvalue weighted by atomic mass is 10.2. The number of nitro benzene ring substituents is 1. The third kappa shape index (κ3) is 3.09. The highest BCUT2D eigenvalue weighted by molar-refractivity contribution is 6.30. The third-order valence-corrected chi connectivity index (χ3v) is 4.09. The molecule has 0 aliphatic carbocycles. The van der Waals surface area contributed by atoms with E-state index in [0.29, 0.717) is 5.39 Å². The molecule has 7 nitrogen and oxygen atoms in total. The lowest BCUT2D eigenvalue weighted by molar-refractivity contribution is -0.385. The molecule has 0 bridgehead atoms. The Bertz CT molecular complexity index is 1010. The summed E-state index contributed by atoms with van der Waals surface area (Å²) in [5.41, 5.74) is 0.625. The number of carbonyl (C=O) groups excluding carboxylic acids is 1. The first-order valence-corrected chi connectivity index (χ1v) is 8.18. The fourth-order valence-electron chi connectivity index (χ4n) is 2.72. The van der Waals surface area contributed by atoms with E-state index in [9.17, 15) is 14.9 Å². The van der Waals surface area contributed by atoms with E-state index >= 15 is 0 Å². The summed E-state index contributed by atoms with van der Waals surface area (Å²) >= 11 is 5.85. The zero-order valence-corrected chi connectivity index (χ0v) is 14.8. The molecule has 0 saturated carbocycles. The lowest BCUT2D eigenvalue weighted by Gasteiger charge is -2.09. The van der Waals surface area contributed by atoms with Crippen LogP contribution >= 0.6 is 11.6 Å². The van der Waals surface area contributed by atoms with Crippen LogP contribution in [0, 0.1) is 10.1 Å². The summed E-state index contributed by atoms with van der Waals surface area (Å²) in [6, 6.07) is 11.3. The number of ether oxygens (including phenoxy) is 2. The molecule has 1 aromatic heterocycles. The highest BCUT2D eigenvalue weighted by atomic mass is 35.5. The van der Waals surface area contributed by atoms with Gasteiger partial charge in [0.1, 0.15) is 0 Å². The molecule has 0 spiro atoms. The summed E-state index contributed by atoms with van der Waals surface area (Å²) in [6.45, 7) is 1.89. The average Bonchev–Trinajstić information content (AvgIpc) is 2.89. The van der Waals surface area contributed by atoms with Crippen molar-refractivity contribution >= 4 is 34.2 Å². The summed E-state index contributed by atoms with van der Waals surface area (Å²) in [7, 11) is 1.71. The van der Waals surface area contributed by atoms with Gasteiger partial charge in [-0.25, -0.2) is 4.79 Å². The summed E-state index contributed by atoms with van der Waals surface area (Å²) in [5.74, 6) is -0.383. The van der Waals surface area contributed by atoms with E-state index in [4.69, 9.17) is 21.1 Å². The van der Waals surface area contributed by atoms with Crippen molar-refractivity contribution in [3.05, 3.63) is 63.3 Å². The maximum atomic E-state index is 12.4. The number of aryl methyl sites for hydroxylation is 1. The van der Waals surface area contributed by atoms with E-state index in [2.05, 4.69) is 0 Å². The SMILES string of the molecule is CCOC(=O)c1c(Oc2ccc(Cl)cc2[N+](=O)[O-])c2ccccc2n1C. The number of carbonyl (C=O) groups is 1. The van der Waals surface area contributed by atoms with Crippen molar-refractivity contribution in [1.82, 2.24) is 4.57 Å². The van der Waals surface area contributed by atoms with Crippen molar-refractivity contribution < 1.29 is 19.2 Å². The molecule has 0 atom stereocenters. The van der Waals surface area contributed by atoms with Crippen LogP contribution in [-0.2, 0) is 11.8 Å². The maximum Gasteiger partial charge on any atom is 0.358 e. The normalized spacial score (nSPS) is 10.7. The maximum absolute atomic E-state index is 12.4. The van der Waals surface area contributed by atoms with Gasteiger partial charge < -0.3 is 14.0 Å². The molecule has 0 N–H and O–H groups in total. The topological polar surface area (TPSA) is 83.6 Å². The molecule has 0 saturated heterocycles. The van der Waals surface area contributed by atoms with Gasteiger partial charge in [-0.1, -0.05) is 23.7 Å². The molecule has 134 valence electrons. The number of fused-ring (bicyclic) bond motifs is 1. The predicted molar refractivity (Wildman–Crippen MR) is 97.1 cm³/mol. The second-order valence-corrected chi connectivity index (χ2v) is 5.88. The minimum atomic E-state index is -0.587. The molecule has 0 aliphatic heterocycles. The molecule has 1 heterocycles. The van der Waals surface area contributed by atoms with E-state index in [1.165, 1.54) is 18.2 Å². The van der Waals surface area contributed by atoms with E-state index < -0.39 is 10.9 Å². The summed E-state index contributed by atoms with van der Waals surface area (Å²) in [6.07, 6.45) is 0. The van der Waals surface area contributed by atoms with Crippen molar-refractivity contribution in [3.63, 3.8) is 0 Å². The van der Waals surface area contributed by atoms with Crippen molar-refractivity contribution in [1.29, 1.82) is 0 Å². The fraction of sp³-hybridized carbons (Fsp3) is 0.167. The van der Waals surface area contributed by atoms with Crippen LogP contribution < -0.4 is 4.74 Å². The number of benzene rings is 2. The highest BCUT2D eigenvalue weighted by Gasteiger charge is 2.26. The van der Waals surface area contributed by atoms with Gasteiger partial charge in [-0.15, -0.1) is 0 Å². The Labute approximate surface area is 153 Å². The number of hydrogen-bond donors (Lipinski definition) is 0. The Morgan fingerprint density at radius 3 is 2.69 bits per heavy atom. The minimum absolute atomic E-state index is 0.0127. The van der Waals surface area contributed by atoms with E-state index in [-0.39, 0.29) is 34.5 Å². The molecule has 2 aromatic carbocycles. The van der Waals surface area contributed by atoms with Gasteiger partial charge in [0.2, 0.25) is 5.75 Å². The highest BCUT2D eigenvalue weighted by Crippen LogP contribution is 2.40. The van der Waals surface area contributed by atoms with Crippen LogP contribution in [0.25, 0.3) is 10.9 Å². The summed E-state index contributed by atoms with van der Waals surface area (Å²) in [5, 5.41) is 12.2. The van der Waals surface area contributed by atoms with Crippen molar-refractivity contribution in [3.8, 4) is 11.5 Å². The fourth-order valence-corrected chi connectivity index (χ4v) is 2.89. The molecule has 0 unspecified atom stereocenters. The monoisotopic (exact) mass is 374 g/mol. The van der Waals surface area contributed by atoms with Crippen LogP contribution in [-0.4, -0.2) is 22.1 Å². The van der Waals surface area contributed by atoms with Gasteiger partial charge in [0.15, 0.2) is 11.4 Å². The van der Waals surface area contributed by atoms with Gasteiger partial charge in [0.05, 0.1) is 17.0 Å². The standard InChI is InChI=1S/C18H15ClN2O5/c1-3-25-18(22)16-17(12-6-4-5-7-13(12)20(16)2)26-15-9-8-11(19)10-14(15)21(23)24/h4-10H,3H2,1-2H3.